The fourth-order valence-electron chi connectivity index (χ4n) is 8.21. The molecule has 2 heterocycles. The predicted octanol–water partition coefficient (Wildman–Crippen LogP) is 7.64. The van der Waals surface area contributed by atoms with Crippen molar-refractivity contribution in [1.82, 2.24) is 0 Å². The summed E-state index contributed by atoms with van der Waals surface area (Å²) >= 11 is 0. The summed E-state index contributed by atoms with van der Waals surface area (Å²) in [6.45, 7) is 3.09. The third kappa shape index (κ3) is 7.25. The Bertz CT molecular complexity index is 2620. The number of ether oxygens (including phenoxy) is 8. The Kier molecular flexibility index (Phi) is 11.3. The summed E-state index contributed by atoms with van der Waals surface area (Å²) in [5, 5.41) is 2.52. The van der Waals surface area contributed by atoms with E-state index in [9.17, 15) is 0 Å². The minimum Gasteiger partial charge on any atom is -0.497 e. The Morgan fingerprint density at radius 2 is 1.03 bits per heavy atom. The zero-order chi connectivity index (χ0) is 41.0. The number of methoxy groups -OCH3 is 7. The molecule has 0 saturated carbocycles. The molecular formula is C49H48NO9+. The lowest BCUT2D eigenvalue weighted by Gasteiger charge is -2.29. The van der Waals surface area contributed by atoms with Crippen molar-refractivity contribution in [3.05, 3.63) is 163 Å². The van der Waals surface area contributed by atoms with E-state index in [-0.39, 0.29) is 5.92 Å². The van der Waals surface area contributed by atoms with Crippen LogP contribution in [0, 0.1) is 10.4 Å². The fraction of sp³-hybridized carbons (Fsp3) is 0.245. The van der Waals surface area contributed by atoms with E-state index >= 15 is 0 Å². The molecule has 1 atom stereocenters. The van der Waals surface area contributed by atoms with Crippen LogP contribution in [0.2, 0.25) is 0 Å². The summed E-state index contributed by atoms with van der Waals surface area (Å²) in [6, 6.07) is 37.2. The van der Waals surface area contributed by atoms with Gasteiger partial charge in [0.1, 0.15) is 27.7 Å². The topological polar surface area (TPSA) is 88.4 Å². The van der Waals surface area contributed by atoms with Crippen LogP contribution in [-0.4, -0.2) is 76.1 Å². The Hall–Kier alpha value is -6.65. The molecule has 10 nitrogen and oxygen atoms in total. The molecule has 0 aromatic heterocycles. The highest BCUT2D eigenvalue weighted by molar-refractivity contribution is 5.82. The first kappa shape index (κ1) is 39.2. The molecule has 0 N–H and O–H groups in total. The monoisotopic (exact) mass is 794 g/mol. The molecule has 0 spiro atoms. The van der Waals surface area contributed by atoms with Gasteiger partial charge in [0.25, 0.3) is 11.5 Å². The molecule has 6 aromatic rings. The van der Waals surface area contributed by atoms with Crippen LogP contribution in [0.15, 0.2) is 114 Å². The lowest BCUT2D eigenvalue weighted by molar-refractivity contribution is 0.122. The van der Waals surface area contributed by atoms with Gasteiger partial charge < -0.3 is 42.8 Å². The SMILES string of the molecule is COc1ccc(C(c2ccc(OC)cc2)=c2cc(OC)c(OC)c3c2=c2c(C(c4ccc(OC)cc4)c4ccc(N5CCOCC5)cc4)cc(OC)c(OC)c2=[O+]3)cc1. The summed E-state index contributed by atoms with van der Waals surface area (Å²) in [7, 11) is 11.5. The van der Waals surface area contributed by atoms with Gasteiger partial charge in [0, 0.05) is 29.9 Å². The normalized spacial score (nSPS) is 13.4. The molecule has 0 aliphatic carbocycles. The molecule has 302 valence electrons. The second-order valence-electron chi connectivity index (χ2n) is 14.1. The van der Waals surface area contributed by atoms with Crippen molar-refractivity contribution >= 4 is 11.3 Å². The van der Waals surface area contributed by atoms with E-state index in [2.05, 4.69) is 71.6 Å². The van der Waals surface area contributed by atoms with Crippen molar-refractivity contribution in [2.45, 2.75) is 5.92 Å². The van der Waals surface area contributed by atoms with Gasteiger partial charge in [0.2, 0.25) is 0 Å². The number of nitrogens with zero attached hydrogens (tertiary/aromatic N) is 1. The van der Waals surface area contributed by atoms with Crippen LogP contribution < -0.4 is 48.7 Å². The van der Waals surface area contributed by atoms with E-state index in [0.29, 0.717) is 47.4 Å². The fourth-order valence-corrected chi connectivity index (χ4v) is 8.21. The van der Waals surface area contributed by atoms with Crippen molar-refractivity contribution in [2.75, 3.05) is 81.0 Å². The molecule has 1 saturated heterocycles. The summed E-state index contributed by atoms with van der Waals surface area (Å²) in [6.07, 6.45) is 0. The number of hydrogen-bond acceptors (Lipinski definition) is 9. The van der Waals surface area contributed by atoms with E-state index in [0.717, 1.165) is 85.1 Å². The van der Waals surface area contributed by atoms with Gasteiger partial charge in [-0.15, -0.1) is 0 Å². The maximum atomic E-state index is 7.01. The Balaban J connectivity index is 1.56. The van der Waals surface area contributed by atoms with E-state index < -0.39 is 0 Å². The number of rotatable bonds is 13. The molecule has 59 heavy (non-hydrogen) atoms. The minimum atomic E-state index is -0.297. The van der Waals surface area contributed by atoms with E-state index in [4.69, 9.17) is 42.3 Å². The van der Waals surface area contributed by atoms with Crippen molar-refractivity contribution < 1.29 is 37.9 Å². The highest BCUT2D eigenvalue weighted by Gasteiger charge is 2.36. The summed E-state index contributed by atoms with van der Waals surface area (Å²) in [5.74, 6) is 4.40. The second-order valence-corrected chi connectivity index (χ2v) is 14.1. The Morgan fingerprint density at radius 1 is 0.542 bits per heavy atom. The van der Waals surface area contributed by atoms with E-state index in [1.807, 2.05) is 42.5 Å². The zero-order valence-electron chi connectivity index (χ0n) is 34.4. The van der Waals surface area contributed by atoms with Gasteiger partial charge >= 0.3 is 11.2 Å². The molecule has 8 rings (SSSR count). The van der Waals surface area contributed by atoms with Crippen LogP contribution in [0.3, 0.4) is 0 Å². The van der Waals surface area contributed by atoms with Gasteiger partial charge in [-0.05, 0) is 94.1 Å². The van der Waals surface area contributed by atoms with E-state index in [1.54, 1.807) is 49.8 Å². The third-order valence-corrected chi connectivity index (χ3v) is 11.1. The maximum Gasteiger partial charge on any atom is 0.407 e. The van der Waals surface area contributed by atoms with Crippen LogP contribution in [0.5, 0.6) is 46.0 Å². The molecule has 0 amide bonds. The van der Waals surface area contributed by atoms with Gasteiger partial charge in [-0.1, -0.05) is 48.5 Å². The van der Waals surface area contributed by atoms with Crippen LogP contribution >= 0.6 is 0 Å². The third-order valence-electron chi connectivity index (χ3n) is 11.1. The number of anilines is 1. The largest absolute Gasteiger partial charge is 0.497 e. The number of hydrogen-bond donors (Lipinski definition) is 0. The first-order valence-corrected chi connectivity index (χ1v) is 19.4. The van der Waals surface area contributed by atoms with Crippen molar-refractivity contribution in [3.8, 4) is 46.0 Å². The van der Waals surface area contributed by atoms with Crippen LogP contribution in [-0.2, 0) is 4.74 Å². The smallest absolute Gasteiger partial charge is 0.407 e. The van der Waals surface area contributed by atoms with Gasteiger partial charge in [-0.25, -0.2) is 0 Å². The Labute approximate surface area is 343 Å². The van der Waals surface area contributed by atoms with Gasteiger partial charge in [0.05, 0.1) is 63.0 Å². The number of morpholine rings is 1. The van der Waals surface area contributed by atoms with E-state index in [1.165, 1.54) is 0 Å². The van der Waals surface area contributed by atoms with Crippen LogP contribution in [0.4, 0.5) is 5.69 Å². The summed E-state index contributed by atoms with van der Waals surface area (Å²) in [4.78, 5) is 2.36. The molecule has 0 bridgehead atoms. The number of benzene rings is 6. The van der Waals surface area contributed by atoms with Crippen molar-refractivity contribution in [2.24, 2.45) is 0 Å². The molecule has 1 fully saturated rings. The molecule has 10 heteroatoms. The first-order chi connectivity index (χ1) is 28.9. The molecule has 0 radical (unpaired) electrons. The van der Waals surface area contributed by atoms with Gasteiger partial charge in [0.15, 0.2) is 11.5 Å². The summed E-state index contributed by atoms with van der Waals surface area (Å²) < 4.78 is 53.8. The van der Waals surface area contributed by atoms with Gasteiger partial charge in [-0.3, -0.25) is 0 Å². The standard InChI is InChI=1S/C49H48NO9/c1-51-35-18-10-31(11-19-35)42(30-8-16-34(17-9-30)50-24-26-58-27-25-50)38-28-40(54-4)46(56-6)48-44(38)45-39(29-41(55-5)47(57-7)49(45)59-48)43(32-12-20-36(52-2)21-13-32)33-14-22-37(53-3)23-15-33/h8-23,28-29,42H,24-27H2,1-7H3/q+1. The molecule has 6 aromatic carbocycles. The molecule has 1 unspecified atom stereocenters. The first-order valence-electron chi connectivity index (χ1n) is 19.4. The second kappa shape index (κ2) is 17.1. The Morgan fingerprint density at radius 3 is 1.53 bits per heavy atom. The highest BCUT2D eigenvalue weighted by Crippen LogP contribution is 2.44. The molecule has 2 aliphatic rings. The zero-order valence-corrected chi connectivity index (χ0v) is 34.4. The van der Waals surface area contributed by atoms with Gasteiger partial charge in [-0.2, -0.15) is 4.42 Å². The van der Waals surface area contributed by atoms with Crippen LogP contribution in [0.25, 0.3) is 5.57 Å². The van der Waals surface area contributed by atoms with Crippen molar-refractivity contribution in [3.63, 3.8) is 0 Å². The lowest BCUT2D eigenvalue weighted by Crippen LogP contribution is -2.36. The number of fused-ring (bicyclic) bond motifs is 2. The highest BCUT2D eigenvalue weighted by atomic mass is 16.5. The maximum absolute atomic E-state index is 7.01. The predicted molar refractivity (Wildman–Crippen MR) is 229 cm³/mol. The van der Waals surface area contributed by atoms with Crippen LogP contribution in [0.1, 0.15) is 33.7 Å². The summed E-state index contributed by atoms with van der Waals surface area (Å²) in [5.41, 5.74) is 7.55. The minimum absolute atomic E-state index is 0.297. The molecular weight excluding hydrogens is 747 g/mol. The van der Waals surface area contributed by atoms with Crippen molar-refractivity contribution in [1.29, 1.82) is 0 Å². The molecule has 2 aliphatic heterocycles. The average molecular weight is 795 g/mol. The quantitative estimate of drug-likeness (QED) is 0.0864. The lowest BCUT2D eigenvalue weighted by atomic mass is 9.83. The average Bonchev–Trinajstić information content (AvgIpc) is 3.70.